The van der Waals surface area contributed by atoms with Crippen LogP contribution in [0.1, 0.15) is 23.7 Å². The number of hydrogen-bond acceptors (Lipinski definition) is 2. The molecule has 88 valence electrons. The van der Waals surface area contributed by atoms with Crippen LogP contribution in [0.25, 0.3) is 0 Å². The van der Waals surface area contributed by atoms with Gasteiger partial charge in [0.05, 0.1) is 18.5 Å². The molecule has 2 heterocycles. The summed E-state index contributed by atoms with van der Waals surface area (Å²) in [6, 6.07) is 6.32. The van der Waals surface area contributed by atoms with E-state index >= 15 is 0 Å². The van der Waals surface area contributed by atoms with Gasteiger partial charge in [0, 0.05) is 30.4 Å². The first-order valence-electron chi connectivity index (χ1n) is 5.76. The largest absolute Gasteiger partial charge is 0.465 e. The lowest BCUT2D eigenvalue weighted by molar-refractivity contribution is 0.132. The number of rotatable bonds is 1. The van der Waals surface area contributed by atoms with Crippen LogP contribution in [0.2, 0.25) is 0 Å². The lowest BCUT2D eigenvalue weighted by Crippen LogP contribution is -2.37. The van der Waals surface area contributed by atoms with Gasteiger partial charge in [-0.3, -0.25) is 0 Å². The molecular formula is C12H13N3O2. The fourth-order valence-electron chi connectivity index (χ4n) is 2.59. The number of nitriles is 1. The van der Waals surface area contributed by atoms with Gasteiger partial charge in [0.2, 0.25) is 0 Å². The summed E-state index contributed by atoms with van der Waals surface area (Å²) >= 11 is 0. The molecule has 1 N–H and O–H groups in total. The summed E-state index contributed by atoms with van der Waals surface area (Å²) in [6.45, 7) is 1.70. The zero-order chi connectivity index (χ0) is 12.0. The van der Waals surface area contributed by atoms with Crippen molar-refractivity contribution in [3.05, 3.63) is 23.5 Å². The molecule has 1 fully saturated rings. The highest BCUT2D eigenvalue weighted by molar-refractivity contribution is 5.65. The normalized spacial score (nSPS) is 26.2. The summed E-state index contributed by atoms with van der Waals surface area (Å²) in [5.74, 6) is 0.525. The molecule has 0 spiro atoms. The second-order valence-electron chi connectivity index (χ2n) is 4.68. The minimum atomic E-state index is -0.861. The van der Waals surface area contributed by atoms with Gasteiger partial charge >= 0.3 is 6.09 Å². The summed E-state index contributed by atoms with van der Waals surface area (Å²) in [6.07, 6.45) is 0.0862. The van der Waals surface area contributed by atoms with E-state index in [-0.39, 0.29) is 5.92 Å². The molecule has 1 amide bonds. The highest BCUT2D eigenvalue weighted by Gasteiger charge is 2.41. The van der Waals surface area contributed by atoms with Crippen LogP contribution < -0.4 is 0 Å². The Morgan fingerprint density at radius 1 is 1.47 bits per heavy atom. The Balaban J connectivity index is 1.84. The van der Waals surface area contributed by atoms with Gasteiger partial charge in [-0.05, 0) is 18.6 Å². The van der Waals surface area contributed by atoms with Crippen molar-refractivity contribution < 1.29 is 9.90 Å². The first-order valence-corrected chi connectivity index (χ1v) is 5.76. The topological polar surface area (TPSA) is 69.3 Å². The molecule has 1 saturated carbocycles. The van der Waals surface area contributed by atoms with Crippen LogP contribution in [-0.2, 0) is 13.1 Å². The molecule has 2 atom stereocenters. The zero-order valence-electron chi connectivity index (χ0n) is 9.33. The summed E-state index contributed by atoms with van der Waals surface area (Å²) in [4.78, 5) is 12.3. The molecule has 1 aliphatic carbocycles. The second-order valence-corrected chi connectivity index (χ2v) is 4.68. The maximum absolute atomic E-state index is 10.9. The number of carboxylic acid groups (broad SMARTS) is 1. The molecule has 0 saturated heterocycles. The fourth-order valence-corrected chi connectivity index (χ4v) is 2.59. The summed E-state index contributed by atoms with van der Waals surface area (Å²) in [5.41, 5.74) is 2.24. The number of hydrogen-bond donors (Lipinski definition) is 1. The average molecular weight is 231 g/mol. The van der Waals surface area contributed by atoms with E-state index in [2.05, 4.69) is 10.6 Å². The van der Waals surface area contributed by atoms with Gasteiger partial charge in [0.25, 0.3) is 0 Å². The van der Waals surface area contributed by atoms with Gasteiger partial charge in [0.15, 0.2) is 0 Å². The van der Waals surface area contributed by atoms with E-state index in [4.69, 9.17) is 10.4 Å². The number of nitrogens with zero attached hydrogens (tertiary/aromatic N) is 3. The Morgan fingerprint density at radius 3 is 2.94 bits per heavy atom. The van der Waals surface area contributed by atoms with E-state index in [1.54, 1.807) is 0 Å². The van der Waals surface area contributed by atoms with Crippen LogP contribution in [0.15, 0.2) is 12.1 Å². The monoisotopic (exact) mass is 231 g/mol. The van der Waals surface area contributed by atoms with Gasteiger partial charge in [-0.25, -0.2) is 4.79 Å². The average Bonchev–Trinajstić information content (AvgIpc) is 2.99. The molecular weight excluding hydrogens is 218 g/mol. The van der Waals surface area contributed by atoms with Gasteiger partial charge < -0.3 is 14.6 Å². The van der Waals surface area contributed by atoms with Gasteiger partial charge in [0.1, 0.15) is 0 Å². The maximum atomic E-state index is 10.9. The summed E-state index contributed by atoms with van der Waals surface area (Å²) in [7, 11) is 0. The van der Waals surface area contributed by atoms with Crippen LogP contribution in [0.3, 0.4) is 0 Å². The molecule has 1 aromatic rings. The molecule has 0 aromatic carbocycles. The van der Waals surface area contributed by atoms with Crippen molar-refractivity contribution in [3.8, 4) is 6.07 Å². The van der Waals surface area contributed by atoms with Crippen molar-refractivity contribution in [1.82, 2.24) is 9.47 Å². The van der Waals surface area contributed by atoms with Gasteiger partial charge in [-0.1, -0.05) is 0 Å². The highest BCUT2D eigenvalue weighted by Crippen LogP contribution is 2.47. The van der Waals surface area contributed by atoms with Crippen molar-refractivity contribution in [2.24, 2.45) is 5.92 Å². The number of amides is 1. The molecule has 5 nitrogen and oxygen atoms in total. The van der Waals surface area contributed by atoms with Crippen molar-refractivity contribution in [3.63, 3.8) is 0 Å². The molecule has 3 rings (SSSR count). The number of aromatic nitrogens is 1. The molecule has 5 heteroatoms. The molecule has 0 bridgehead atoms. The van der Waals surface area contributed by atoms with Crippen LogP contribution in [0, 0.1) is 17.2 Å². The van der Waals surface area contributed by atoms with E-state index in [9.17, 15) is 4.79 Å². The first kappa shape index (κ1) is 10.2. The number of carbonyl (C=O) groups is 1. The van der Waals surface area contributed by atoms with E-state index in [1.807, 2.05) is 12.1 Å². The Hall–Kier alpha value is -1.96. The second kappa shape index (κ2) is 3.52. The van der Waals surface area contributed by atoms with E-state index in [0.29, 0.717) is 25.6 Å². The third-order valence-electron chi connectivity index (χ3n) is 3.66. The quantitative estimate of drug-likeness (QED) is 0.798. The minimum absolute atomic E-state index is 0.159. The Kier molecular flexibility index (Phi) is 2.11. The van der Waals surface area contributed by atoms with E-state index in [0.717, 1.165) is 12.1 Å². The van der Waals surface area contributed by atoms with E-state index < -0.39 is 6.09 Å². The molecule has 2 unspecified atom stereocenters. The standard InChI is InChI=1S/C12H13N3O2/c13-6-8-5-10(8)11-2-1-9-7-14(12(16)17)3-4-15(9)11/h1-2,8,10H,3-5,7H2,(H,16,17). The van der Waals surface area contributed by atoms with Crippen LogP contribution in [0.5, 0.6) is 0 Å². The predicted octanol–water partition coefficient (Wildman–Crippen LogP) is 1.61. The molecule has 1 aliphatic heterocycles. The SMILES string of the molecule is N#CC1CC1c1ccc2n1CCN(C(=O)O)C2. The summed E-state index contributed by atoms with van der Waals surface area (Å²) < 4.78 is 2.18. The van der Waals surface area contributed by atoms with E-state index in [1.165, 1.54) is 10.6 Å². The lowest BCUT2D eigenvalue weighted by Gasteiger charge is -2.27. The first-order chi connectivity index (χ1) is 8.20. The Labute approximate surface area is 98.9 Å². The minimum Gasteiger partial charge on any atom is -0.465 e. The third-order valence-corrected chi connectivity index (χ3v) is 3.66. The molecule has 17 heavy (non-hydrogen) atoms. The Morgan fingerprint density at radius 2 is 2.29 bits per heavy atom. The van der Waals surface area contributed by atoms with Gasteiger partial charge in [-0.2, -0.15) is 5.26 Å². The summed E-state index contributed by atoms with van der Waals surface area (Å²) in [5, 5.41) is 17.8. The highest BCUT2D eigenvalue weighted by atomic mass is 16.4. The van der Waals surface area contributed by atoms with Crippen LogP contribution in [-0.4, -0.2) is 27.2 Å². The molecule has 2 aliphatic rings. The van der Waals surface area contributed by atoms with Gasteiger partial charge in [-0.15, -0.1) is 0 Å². The molecule has 0 radical (unpaired) electrons. The predicted molar refractivity (Wildman–Crippen MR) is 59.3 cm³/mol. The smallest absolute Gasteiger partial charge is 0.407 e. The number of fused-ring (bicyclic) bond motifs is 1. The fraction of sp³-hybridized carbons (Fsp3) is 0.500. The zero-order valence-corrected chi connectivity index (χ0v) is 9.33. The van der Waals surface area contributed by atoms with Crippen molar-refractivity contribution >= 4 is 6.09 Å². The molecule has 1 aromatic heterocycles. The Bertz CT molecular complexity index is 514. The van der Waals surface area contributed by atoms with Crippen molar-refractivity contribution in [2.45, 2.75) is 25.4 Å². The van der Waals surface area contributed by atoms with Crippen molar-refractivity contribution in [1.29, 1.82) is 5.26 Å². The third kappa shape index (κ3) is 1.57. The van der Waals surface area contributed by atoms with Crippen LogP contribution in [0.4, 0.5) is 4.79 Å². The van der Waals surface area contributed by atoms with Crippen molar-refractivity contribution in [2.75, 3.05) is 6.54 Å². The maximum Gasteiger partial charge on any atom is 0.407 e. The lowest BCUT2D eigenvalue weighted by atomic mass is 10.2. The van der Waals surface area contributed by atoms with Crippen LogP contribution >= 0.6 is 0 Å².